The largest absolute Gasteiger partial charge is 0.493 e. The molecular weight excluding hydrogens is 490 g/mol. The summed E-state index contributed by atoms with van der Waals surface area (Å²) in [6, 6.07) is 18.0. The fourth-order valence-electron chi connectivity index (χ4n) is 4.26. The maximum Gasteiger partial charge on any atom is 0.269 e. The van der Waals surface area contributed by atoms with Crippen LogP contribution in [-0.2, 0) is 0 Å². The second kappa shape index (κ2) is 8.40. The zero-order valence-corrected chi connectivity index (χ0v) is 19.5. The highest BCUT2D eigenvalue weighted by Crippen LogP contribution is 2.48. The zero-order valence-electron chi connectivity index (χ0n) is 17.9. The lowest BCUT2D eigenvalue weighted by Gasteiger charge is -2.38. The molecule has 0 amide bonds. The molecule has 3 aromatic rings. The van der Waals surface area contributed by atoms with Crippen LogP contribution in [0.4, 0.5) is 5.69 Å². The molecule has 0 aliphatic carbocycles. The van der Waals surface area contributed by atoms with Crippen molar-refractivity contribution in [1.82, 2.24) is 5.01 Å². The van der Waals surface area contributed by atoms with Crippen molar-refractivity contribution in [2.24, 2.45) is 5.10 Å². The Bertz CT molecular complexity index is 1280. The minimum atomic E-state index is -0.596. The van der Waals surface area contributed by atoms with E-state index in [0.717, 1.165) is 27.1 Å². The number of hydrogen-bond donors (Lipinski definition) is 0. The van der Waals surface area contributed by atoms with E-state index in [1.807, 2.05) is 47.5 Å². The summed E-state index contributed by atoms with van der Waals surface area (Å²) in [6.07, 6.45) is 0.0505. The highest BCUT2D eigenvalue weighted by Gasteiger charge is 2.41. The Morgan fingerprint density at radius 1 is 1.09 bits per heavy atom. The Morgan fingerprint density at radius 2 is 1.91 bits per heavy atom. The Balaban J connectivity index is 1.59. The standard InChI is InChI=1S/C24H20BrN3O5/c1-31-22-8-6-14(11-23(22)32-2)19-13-20-18-12-16(25)7-9-21(18)33-24(27(20)26-19)15-4-3-5-17(10-15)28(29)30/h3-12,20,24H,13H2,1-2H3/t20-,24+/m0/s1. The fourth-order valence-corrected chi connectivity index (χ4v) is 4.64. The van der Waals surface area contributed by atoms with Gasteiger partial charge in [0.2, 0.25) is 6.23 Å². The molecule has 168 valence electrons. The predicted octanol–water partition coefficient (Wildman–Crippen LogP) is 5.62. The highest BCUT2D eigenvalue weighted by atomic mass is 79.9. The van der Waals surface area contributed by atoms with Gasteiger partial charge in [-0.1, -0.05) is 28.1 Å². The van der Waals surface area contributed by atoms with Gasteiger partial charge in [0.1, 0.15) is 5.75 Å². The van der Waals surface area contributed by atoms with Gasteiger partial charge in [-0.15, -0.1) is 0 Å². The van der Waals surface area contributed by atoms with Crippen LogP contribution >= 0.6 is 15.9 Å². The molecule has 33 heavy (non-hydrogen) atoms. The number of benzene rings is 3. The molecule has 2 aliphatic rings. The number of rotatable bonds is 5. The van der Waals surface area contributed by atoms with Gasteiger partial charge in [-0.2, -0.15) is 5.10 Å². The molecule has 0 spiro atoms. The third-order valence-electron chi connectivity index (χ3n) is 5.83. The monoisotopic (exact) mass is 509 g/mol. The first kappa shape index (κ1) is 21.3. The van der Waals surface area contributed by atoms with Crippen LogP contribution in [0.3, 0.4) is 0 Å². The van der Waals surface area contributed by atoms with Gasteiger partial charge in [-0.05, 0) is 36.4 Å². The number of fused-ring (bicyclic) bond motifs is 3. The topological polar surface area (TPSA) is 86.4 Å². The SMILES string of the molecule is COc1ccc(C2=NN3[C@@H](c4cccc([N+](=O)[O-])c4)Oc4ccc(Br)cc4[C@@H]3C2)cc1OC. The van der Waals surface area contributed by atoms with Crippen LogP contribution in [0.2, 0.25) is 0 Å². The van der Waals surface area contributed by atoms with Crippen molar-refractivity contribution in [3.8, 4) is 17.2 Å². The Labute approximate surface area is 198 Å². The molecule has 0 unspecified atom stereocenters. The van der Waals surface area contributed by atoms with Crippen molar-refractivity contribution in [3.05, 3.63) is 91.9 Å². The summed E-state index contributed by atoms with van der Waals surface area (Å²) in [5.41, 5.74) is 3.46. The van der Waals surface area contributed by atoms with Gasteiger partial charge in [0.05, 0.1) is 30.9 Å². The second-order valence-electron chi connectivity index (χ2n) is 7.72. The second-order valence-corrected chi connectivity index (χ2v) is 8.64. The molecular formula is C24H20BrN3O5. The van der Waals surface area contributed by atoms with Gasteiger partial charge in [0, 0.05) is 39.7 Å². The van der Waals surface area contributed by atoms with Crippen LogP contribution in [0.1, 0.15) is 35.4 Å². The maximum atomic E-state index is 11.3. The first-order chi connectivity index (χ1) is 16.0. The van der Waals surface area contributed by atoms with Gasteiger partial charge in [-0.25, -0.2) is 5.01 Å². The van der Waals surface area contributed by atoms with E-state index in [0.29, 0.717) is 23.5 Å². The number of nitrogens with zero attached hydrogens (tertiary/aromatic N) is 3. The van der Waals surface area contributed by atoms with E-state index in [1.165, 1.54) is 12.1 Å². The van der Waals surface area contributed by atoms with E-state index < -0.39 is 11.2 Å². The molecule has 0 bridgehead atoms. The van der Waals surface area contributed by atoms with Crippen molar-refractivity contribution in [2.45, 2.75) is 18.7 Å². The van der Waals surface area contributed by atoms with Crippen molar-refractivity contribution in [1.29, 1.82) is 0 Å². The first-order valence-electron chi connectivity index (χ1n) is 10.3. The molecule has 0 saturated heterocycles. The number of methoxy groups -OCH3 is 2. The van der Waals surface area contributed by atoms with E-state index in [4.69, 9.17) is 19.3 Å². The van der Waals surface area contributed by atoms with Crippen LogP contribution in [0.25, 0.3) is 0 Å². The summed E-state index contributed by atoms with van der Waals surface area (Å²) in [6.45, 7) is 0. The van der Waals surface area contributed by atoms with Crippen molar-refractivity contribution in [2.75, 3.05) is 14.2 Å². The van der Waals surface area contributed by atoms with E-state index in [2.05, 4.69) is 15.9 Å². The maximum absolute atomic E-state index is 11.3. The van der Waals surface area contributed by atoms with E-state index >= 15 is 0 Å². The average Bonchev–Trinajstić information content (AvgIpc) is 3.29. The van der Waals surface area contributed by atoms with Crippen LogP contribution < -0.4 is 14.2 Å². The molecule has 2 aliphatic heterocycles. The van der Waals surface area contributed by atoms with E-state index in [9.17, 15) is 10.1 Å². The predicted molar refractivity (Wildman–Crippen MR) is 126 cm³/mol. The molecule has 0 N–H and O–H groups in total. The smallest absolute Gasteiger partial charge is 0.269 e. The summed E-state index contributed by atoms with van der Waals surface area (Å²) in [5.74, 6) is 2.00. The van der Waals surface area contributed by atoms with Gasteiger partial charge in [-0.3, -0.25) is 10.1 Å². The molecule has 9 heteroatoms. The molecule has 0 fully saturated rings. The normalized spacial score (nSPS) is 18.6. The molecule has 8 nitrogen and oxygen atoms in total. The number of nitro groups is 1. The van der Waals surface area contributed by atoms with Crippen molar-refractivity contribution in [3.63, 3.8) is 0 Å². The van der Waals surface area contributed by atoms with E-state index in [1.54, 1.807) is 20.3 Å². The number of hydrazone groups is 1. The molecule has 0 aromatic heterocycles. The van der Waals surface area contributed by atoms with Gasteiger partial charge in [0.15, 0.2) is 11.5 Å². The van der Waals surface area contributed by atoms with Crippen LogP contribution in [0.5, 0.6) is 17.2 Å². The van der Waals surface area contributed by atoms with E-state index in [-0.39, 0.29) is 11.7 Å². The summed E-state index contributed by atoms with van der Waals surface area (Å²) < 4.78 is 18.1. The van der Waals surface area contributed by atoms with Gasteiger partial charge < -0.3 is 14.2 Å². The quantitative estimate of drug-likeness (QED) is 0.327. The lowest BCUT2D eigenvalue weighted by Crippen LogP contribution is -2.33. The molecule has 5 rings (SSSR count). The minimum Gasteiger partial charge on any atom is -0.493 e. The Kier molecular flexibility index (Phi) is 5.41. The number of non-ortho nitro benzene ring substituents is 1. The third-order valence-corrected chi connectivity index (χ3v) is 6.33. The van der Waals surface area contributed by atoms with Crippen molar-refractivity contribution < 1.29 is 19.1 Å². The lowest BCUT2D eigenvalue weighted by atomic mass is 9.95. The van der Waals surface area contributed by atoms with Crippen LogP contribution in [0, 0.1) is 10.1 Å². The number of nitro benzene ring substituents is 1. The zero-order chi connectivity index (χ0) is 23.1. The number of halogens is 1. The molecule has 3 aromatic carbocycles. The number of ether oxygens (including phenoxy) is 3. The summed E-state index contributed by atoms with van der Waals surface area (Å²) in [5, 5.41) is 18.1. The minimum absolute atomic E-state index is 0.0116. The third kappa shape index (κ3) is 3.78. The molecule has 0 saturated carbocycles. The summed E-state index contributed by atoms with van der Waals surface area (Å²) in [4.78, 5) is 10.9. The Morgan fingerprint density at radius 3 is 2.67 bits per heavy atom. The van der Waals surface area contributed by atoms with Gasteiger partial charge >= 0.3 is 0 Å². The van der Waals surface area contributed by atoms with Crippen LogP contribution in [0.15, 0.2) is 70.2 Å². The molecule has 0 radical (unpaired) electrons. The fraction of sp³-hybridized carbons (Fsp3) is 0.208. The molecule has 2 heterocycles. The highest BCUT2D eigenvalue weighted by molar-refractivity contribution is 9.10. The van der Waals surface area contributed by atoms with Gasteiger partial charge in [0.25, 0.3) is 5.69 Å². The summed E-state index contributed by atoms with van der Waals surface area (Å²) in [7, 11) is 3.20. The Hall–Kier alpha value is -3.59. The summed E-state index contributed by atoms with van der Waals surface area (Å²) >= 11 is 3.55. The lowest BCUT2D eigenvalue weighted by molar-refractivity contribution is -0.385. The number of hydrogen-bond acceptors (Lipinski definition) is 7. The van der Waals surface area contributed by atoms with Crippen molar-refractivity contribution >= 4 is 27.3 Å². The first-order valence-corrected chi connectivity index (χ1v) is 11.1. The molecule has 2 atom stereocenters. The van der Waals surface area contributed by atoms with Crippen LogP contribution in [-0.4, -0.2) is 29.9 Å². The average molecular weight is 510 g/mol.